The molecule has 0 aliphatic heterocycles. The van der Waals surface area contributed by atoms with Gasteiger partial charge >= 0.3 is 0 Å². The quantitative estimate of drug-likeness (QED) is 0.370. The van der Waals surface area contributed by atoms with Crippen LogP contribution in [0.1, 0.15) is 11.1 Å². The Morgan fingerprint density at radius 3 is 2.18 bits per heavy atom. The zero-order valence-corrected chi connectivity index (χ0v) is 11.2. The highest BCUT2D eigenvalue weighted by molar-refractivity contribution is 5.89. The van der Waals surface area contributed by atoms with Gasteiger partial charge in [-0.25, -0.2) is 0 Å². The van der Waals surface area contributed by atoms with Crippen LogP contribution in [-0.2, 0) is 0 Å². The van der Waals surface area contributed by atoms with Crippen LogP contribution in [0.5, 0.6) is 0 Å². The number of rotatable bonds is 4. The summed E-state index contributed by atoms with van der Waals surface area (Å²) in [5.74, 6) is 0. The van der Waals surface area contributed by atoms with E-state index in [1.807, 2.05) is 6.07 Å². The average molecular weight is 295 g/mol. The number of nitro groups is 2. The molecule has 0 atom stereocenters. The molecule has 0 aliphatic carbocycles. The van der Waals surface area contributed by atoms with Crippen LogP contribution in [0.2, 0.25) is 0 Å². The molecule has 0 amide bonds. The number of non-ortho nitro benzene ring substituents is 2. The molecule has 0 fully saturated rings. The van der Waals surface area contributed by atoms with E-state index >= 15 is 0 Å². The zero-order chi connectivity index (χ0) is 16.1. The van der Waals surface area contributed by atoms with Crippen LogP contribution in [-0.4, -0.2) is 9.85 Å². The van der Waals surface area contributed by atoms with Gasteiger partial charge in [0.2, 0.25) is 0 Å². The van der Waals surface area contributed by atoms with Gasteiger partial charge in [-0.15, -0.1) is 0 Å². The van der Waals surface area contributed by atoms with Crippen molar-refractivity contribution in [1.82, 2.24) is 0 Å². The summed E-state index contributed by atoms with van der Waals surface area (Å²) in [5, 5.41) is 30.6. The molecule has 0 saturated heterocycles. The molecule has 7 heteroatoms. The van der Waals surface area contributed by atoms with Crippen molar-refractivity contribution in [2.24, 2.45) is 0 Å². The minimum absolute atomic E-state index is 0.0728. The van der Waals surface area contributed by atoms with E-state index < -0.39 is 9.85 Å². The fraction of sp³-hybridized carbons (Fsp3) is 0. The topological polar surface area (TPSA) is 110 Å². The van der Waals surface area contributed by atoms with Gasteiger partial charge in [0.1, 0.15) is 0 Å². The molecular formula is C15H9N3O4. The molecule has 0 aromatic heterocycles. The van der Waals surface area contributed by atoms with E-state index in [1.54, 1.807) is 6.07 Å². The number of benzene rings is 2. The number of nitrogens with zero attached hydrogens (tertiary/aromatic N) is 3. The minimum Gasteiger partial charge on any atom is -0.258 e. The van der Waals surface area contributed by atoms with E-state index in [0.29, 0.717) is 11.1 Å². The Morgan fingerprint density at radius 2 is 1.64 bits per heavy atom. The predicted molar refractivity (Wildman–Crippen MR) is 79.7 cm³/mol. The number of nitriles is 1. The van der Waals surface area contributed by atoms with Crippen molar-refractivity contribution >= 4 is 23.0 Å². The number of allylic oxidation sites excluding steroid dienone is 1. The summed E-state index contributed by atoms with van der Waals surface area (Å²) in [4.78, 5) is 20.3. The summed E-state index contributed by atoms with van der Waals surface area (Å²) in [6, 6.07) is 13.4. The average Bonchev–Trinajstić information content (AvgIpc) is 2.53. The van der Waals surface area contributed by atoms with E-state index in [-0.39, 0.29) is 16.9 Å². The van der Waals surface area contributed by atoms with Crippen molar-refractivity contribution in [2.75, 3.05) is 0 Å². The lowest BCUT2D eigenvalue weighted by Gasteiger charge is -2.00. The number of hydrogen-bond donors (Lipinski definition) is 0. The third-order valence-electron chi connectivity index (χ3n) is 2.90. The van der Waals surface area contributed by atoms with Crippen LogP contribution in [0, 0.1) is 31.6 Å². The molecule has 0 N–H and O–H groups in total. The van der Waals surface area contributed by atoms with Crippen LogP contribution in [0.15, 0.2) is 48.5 Å². The summed E-state index contributed by atoms with van der Waals surface area (Å²) in [6.07, 6.45) is 1.49. The lowest BCUT2D eigenvalue weighted by atomic mass is 10.0. The van der Waals surface area contributed by atoms with Gasteiger partial charge < -0.3 is 0 Å². The number of hydrogen-bond acceptors (Lipinski definition) is 5. The molecule has 2 aromatic carbocycles. The molecule has 2 rings (SSSR count). The van der Waals surface area contributed by atoms with Gasteiger partial charge in [-0.3, -0.25) is 20.2 Å². The first-order chi connectivity index (χ1) is 10.5. The first kappa shape index (κ1) is 14.9. The largest absolute Gasteiger partial charge is 0.270 e. The fourth-order valence-electron chi connectivity index (χ4n) is 1.84. The van der Waals surface area contributed by atoms with E-state index in [1.165, 1.54) is 48.5 Å². The molecule has 7 nitrogen and oxygen atoms in total. The molecule has 0 aliphatic rings. The van der Waals surface area contributed by atoms with Crippen molar-refractivity contribution in [3.63, 3.8) is 0 Å². The molecule has 0 radical (unpaired) electrons. The summed E-state index contributed by atoms with van der Waals surface area (Å²) < 4.78 is 0. The Kier molecular flexibility index (Phi) is 4.24. The van der Waals surface area contributed by atoms with Gasteiger partial charge in [0, 0.05) is 24.3 Å². The van der Waals surface area contributed by atoms with Crippen molar-refractivity contribution in [2.45, 2.75) is 0 Å². The minimum atomic E-state index is -0.528. The van der Waals surface area contributed by atoms with Gasteiger partial charge in [0.15, 0.2) is 0 Å². The summed E-state index contributed by atoms with van der Waals surface area (Å²) in [6.45, 7) is 0. The molecule has 0 bridgehead atoms. The highest BCUT2D eigenvalue weighted by Gasteiger charge is 2.08. The molecule has 0 saturated carbocycles. The normalized spacial score (nSPS) is 10.8. The maximum Gasteiger partial charge on any atom is 0.270 e. The maximum atomic E-state index is 10.7. The van der Waals surface area contributed by atoms with Crippen LogP contribution >= 0.6 is 0 Å². The van der Waals surface area contributed by atoms with Gasteiger partial charge in [-0.05, 0) is 29.3 Å². The Morgan fingerprint density at radius 1 is 1.00 bits per heavy atom. The summed E-state index contributed by atoms with van der Waals surface area (Å²) >= 11 is 0. The van der Waals surface area contributed by atoms with Crippen LogP contribution < -0.4 is 0 Å². The van der Waals surface area contributed by atoms with Gasteiger partial charge in [-0.2, -0.15) is 5.26 Å². The lowest BCUT2D eigenvalue weighted by molar-refractivity contribution is -0.385. The first-order valence-corrected chi connectivity index (χ1v) is 6.12. The summed E-state index contributed by atoms with van der Waals surface area (Å²) in [7, 11) is 0. The Bertz CT molecular complexity index is 804. The molecule has 0 spiro atoms. The van der Waals surface area contributed by atoms with Crippen molar-refractivity contribution in [3.05, 3.63) is 79.9 Å². The molecule has 0 unspecified atom stereocenters. The first-order valence-electron chi connectivity index (χ1n) is 6.12. The van der Waals surface area contributed by atoms with E-state index in [4.69, 9.17) is 0 Å². The summed E-state index contributed by atoms with van der Waals surface area (Å²) in [5.41, 5.74) is 1.12. The van der Waals surface area contributed by atoms with Crippen LogP contribution in [0.25, 0.3) is 11.6 Å². The maximum absolute atomic E-state index is 10.7. The van der Waals surface area contributed by atoms with E-state index in [0.717, 1.165) is 0 Å². The second-order valence-corrected chi connectivity index (χ2v) is 4.33. The number of nitro benzene ring substituents is 2. The predicted octanol–water partition coefficient (Wildman–Crippen LogP) is 3.57. The lowest BCUT2D eigenvalue weighted by Crippen LogP contribution is -1.89. The van der Waals surface area contributed by atoms with Crippen molar-refractivity contribution in [1.29, 1.82) is 5.26 Å². The monoisotopic (exact) mass is 295 g/mol. The van der Waals surface area contributed by atoms with Crippen LogP contribution in [0.3, 0.4) is 0 Å². The second-order valence-electron chi connectivity index (χ2n) is 4.33. The Balaban J connectivity index is 2.39. The van der Waals surface area contributed by atoms with Gasteiger partial charge in [0.05, 0.1) is 21.5 Å². The van der Waals surface area contributed by atoms with E-state index in [9.17, 15) is 25.5 Å². The third kappa shape index (κ3) is 3.32. The molecule has 2 aromatic rings. The van der Waals surface area contributed by atoms with E-state index in [2.05, 4.69) is 0 Å². The molecular weight excluding hydrogens is 286 g/mol. The Labute approximate surface area is 125 Å². The zero-order valence-electron chi connectivity index (χ0n) is 11.2. The van der Waals surface area contributed by atoms with Crippen LogP contribution in [0.4, 0.5) is 11.4 Å². The third-order valence-corrected chi connectivity index (χ3v) is 2.90. The van der Waals surface area contributed by atoms with Gasteiger partial charge in [0.25, 0.3) is 11.4 Å². The Hall–Kier alpha value is -3.53. The molecule has 22 heavy (non-hydrogen) atoms. The SMILES string of the molecule is N#CC(=Cc1cccc([N+](=O)[O-])c1)c1ccc([N+](=O)[O-])cc1. The fourth-order valence-corrected chi connectivity index (χ4v) is 1.84. The highest BCUT2D eigenvalue weighted by atomic mass is 16.6. The van der Waals surface area contributed by atoms with Gasteiger partial charge in [-0.1, -0.05) is 12.1 Å². The van der Waals surface area contributed by atoms with Crippen molar-refractivity contribution in [3.8, 4) is 6.07 Å². The smallest absolute Gasteiger partial charge is 0.258 e. The second kappa shape index (κ2) is 6.28. The standard InChI is InChI=1S/C15H9N3O4/c16-10-13(12-4-6-14(7-5-12)17(19)20)8-11-2-1-3-15(9-11)18(21)22/h1-9H. The molecule has 0 heterocycles. The highest BCUT2D eigenvalue weighted by Crippen LogP contribution is 2.22. The molecule has 108 valence electrons. The van der Waals surface area contributed by atoms with Crippen molar-refractivity contribution < 1.29 is 9.85 Å².